The van der Waals surface area contributed by atoms with E-state index in [4.69, 9.17) is 10.5 Å². The van der Waals surface area contributed by atoms with E-state index in [2.05, 4.69) is 5.32 Å². The van der Waals surface area contributed by atoms with Crippen LogP contribution in [0.2, 0.25) is 0 Å². The van der Waals surface area contributed by atoms with Crippen molar-refractivity contribution in [2.24, 2.45) is 17.6 Å². The summed E-state index contributed by atoms with van der Waals surface area (Å²) in [5, 5.41) is 3.09. The van der Waals surface area contributed by atoms with Crippen LogP contribution in [0, 0.1) is 11.8 Å². The standard InChI is InChI=1S/C14H26N2O2.ClH/c1-18-9-13(15)14(17)16-12-7-6-10-4-2-3-5-11(10)8-12;/h10-13H,2-9,15H2,1H3,(H,16,17);1H. The number of nitrogens with one attached hydrogen (secondary N) is 1. The number of hydrogen-bond acceptors (Lipinski definition) is 3. The number of carbonyl (C=O) groups excluding carboxylic acids is 1. The van der Waals surface area contributed by atoms with Crippen molar-refractivity contribution < 1.29 is 9.53 Å². The number of halogens is 1. The van der Waals surface area contributed by atoms with E-state index in [-0.39, 0.29) is 18.3 Å². The van der Waals surface area contributed by atoms with Crippen molar-refractivity contribution in [3.63, 3.8) is 0 Å². The molecule has 2 saturated carbocycles. The number of hydrogen-bond donors (Lipinski definition) is 2. The molecule has 2 aliphatic rings. The minimum absolute atomic E-state index is 0. The summed E-state index contributed by atoms with van der Waals surface area (Å²) in [4.78, 5) is 11.8. The van der Waals surface area contributed by atoms with Gasteiger partial charge in [-0.3, -0.25) is 4.79 Å². The van der Waals surface area contributed by atoms with E-state index in [1.54, 1.807) is 7.11 Å². The maximum Gasteiger partial charge on any atom is 0.239 e. The number of methoxy groups -OCH3 is 1. The van der Waals surface area contributed by atoms with Crippen molar-refractivity contribution >= 4 is 18.3 Å². The molecule has 0 heterocycles. The second-order valence-corrected chi connectivity index (χ2v) is 5.89. The lowest BCUT2D eigenvalue weighted by atomic mass is 9.69. The molecule has 4 atom stereocenters. The summed E-state index contributed by atoms with van der Waals surface area (Å²) in [5.41, 5.74) is 5.74. The predicted molar refractivity (Wildman–Crippen MR) is 78.3 cm³/mol. The lowest BCUT2D eigenvalue weighted by Crippen LogP contribution is -2.49. The first kappa shape index (κ1) is 16.7. The van der Waals surface area contributed by atoms with Crippen LogP contribution in [0.4, 0.5) is 0 Å². The zero-order chi connectivity index (χ0) is 13.0. The summed E-state index contributed by atoms with van der Waals surface area (Å²) in [6, 6.07) is -0.196. The zero-order valence-corrected chi connectivity index (χ0v) is 12.6. The van der Waals surface area contributed by atoms with Crippen molar-refractivity contribution in [3.8, 4) is 0 Å². The second-order valence-electron chi connectivity index (χ2n) is 5.89. The summed E-state index contributed by atoms with van der Waals surface area (Å²) >= 11 is 0. The van der Waals surface area contributed by atoms with Gasteiger partial charge >= 0.3 is 0 Å². The third-order valence-electron chi connectivity index (χ3n) is 4.57. The van der Waals surface area contributed by atoms with Gasteiger partial charge in [0.2, 0.25) is 5.91 Å². The van der Waals surface area contributed by atoms with Gasteiger partial charge in [-0.05, 0) is 31.1 Å². The van der Waals surface area contributed by atoms with Crippen LogP contribution >= 0.6 is 12.4 Å². The maximum absolute atomic E-state index is 11.8. The molecule has 2 fully saturated rings. The van der Waals surface area contributed by atoms with Crippen molar-refractivity contribution in [2.45, 2.75) is 57.0 Å². The summed E-state index contributed by atoms with van der Waals surface area (Å²) in [6.45, 7) is 0.296. The van der Waals surface area contributed by atoms with Gasteiger partial charge in [0.1, 0.15) is 6.04 Å². The van der Waals surface area contributed by atoms with Crippen LogP contribution in [0.1, 0.15) is 44.9 Å². The first-order valence-corrected chi connectivity index (χ1v) is 7.25. The average Bonchev–Trinajstić information content (AvgIpc) is 2.39. The smallest absolute Gasteiger partial charge is 0.239 e. The Balaban J connectivity index is 0.00000180. The molecule has 0 aromatic rings. The summed E-state index contributed by atoms with van der Waals surface area (Å²) < 4.78 is 4.91. The Bertz CT molecular complexity index is 289. The monoisotopic (exact) mass is 290 g/mol. The Labute approximate surface area is 122 Å². The molecule has 4 unspecified atom stereocenters. The van der Waals surface area contributed by atoms with Gasteiger partial charge < -0.3 is 15.8 Å². The van der Waals surface area contributed by atoms with Gasteiger partial charge in [0.25, 0.3) is 0 Å². The molecule has 0 aromatic heterocycles. The first-order valence-electron chi connectivity index (χ1n) is 7.25. The summed E-state index contributed by atoms with van der Waals surface area (Å²) in [6.07, 6.45) is 9.05. The molecule has 1 amide bonds. The molecule has 2 rings (SSSR count). The van der Waals surface area contributed by atoms with Crippen molar-refractivity contribution in [1.82, 2.24) is 5.32 Å². The highest BCUT2D eigenvalue weighted by Crippen LogP contribution is 2.40. The molecule has 0 spiro atoms. The maximum atomic E-state index is 11.8. The normalized spacial score (nSPS) is 31.8. The van der Waals surface area contributed by atoms with Crippen molar-refractivity contribution in [2.75, 3.05) is 13.7 Å². The van der Waals surface area contributed by atoms with E-state index in [0.29, 0.717) is 12.6 Å². The van der Waals surface area contributed by atoms with Crippen LogP contribution in [-0.4, -0.2) is 31.7 Å². The van der Waals surface area contributed by atoms with Gasteiger partial charge in [-0.15, -0.1) is 12.4 Å². The first-order chi connectivity index (χ1) is 8.70. The summed E-state index contributed by atoms with van der Waals surface area (Å²) in [7, 11) is 1.57. The van der Waals surface area contributed by atoms with E-state index in [1.165, 1.54) is 32.1 Å². The number of carbonyl (C=O) groups is 1. The van der Waals surface area contributed by atoms with Crippen LogP contribution in [0.3, 0.4) is 0 Å². The summed E-state index contributed by atoms with van der Waals surface area (Å²) in [5.74, 6) is 1.69. The molecule has 0 bridgehead atoms. The van der Waals surface area contributed by atoms with Gasteiger partial charge in [-0.25, -0.2) is 0 Å². The molecule has 5 heteroatoms. The van der Waals surface area contributed by atoms with Gasteiger partial charge in [0, 0.05) is 13.2 Å². The number of nitrogens with two attached hydrogens (primary N) is 1. The van der Waals surface area contributed by atoms with Gasteiger partial charge in [0.15, 0.2) is 0 Å². The highest BCUT2D eigenvalue weighted by Gasteiger charge is 2.33. The van der Waals surface area contributed by atoms with E-state index < -0.39 is 6.04 Å². The number of rotatable bonds is 4. The second kappa shape index (κ2) is 8.08. The molecule has 0 saturated heterocycles. The van der Waals surface area contributed by atoms with Crippen LogP contribution < -0.4 is 11.1 Å². The van der Waals surface area contributed by atoms with Gasteiger partial charge in [-0.2, -0.15) is 0 Å². The molecule has 2 aliphatic carbocycles. The topological polar surface area (TPSA) is 64.3 Å². The fourth-order valence-corrected chi connectivity index (χ4v) is 3.57. The molecule has 4 nitrogen and oxygen atoms in total. The lowest BCUT2D eigenvalue weighted by molar-refractivity contribution is -0.124. The van der Waals surface area contributed by atoms with Crippen molar-refractivity contribution in [3.05, 3.63) is 0 Å². The Morgan fingerprint density at radius 2 is 1.95 bits per heavy atom. The molecule has 112 valence electrons. The Morgan fingerprint density at radius 3 is 2.63 bits per heavy atom. The minimum Gasteiger partial charge on any atom is -0.383 e. The van der Waals surface area contributed by atoms with Crippen LogP contribution in [0.5, 0.6) is 0 Å². The highest BCUT2D eigenvalue weighted by molar-refractivity contribution is 5.85. The fraction of sp³-hybridized carbons (Fsp3) is 0.929. The number of fused-ring (bicyclic) bond motifs is 1. The molecule has 19 heavy (non-hydrogen) atoms. The predicted octanol–water partition coefficient (Wildman–Crippen LogP) is 1.86. The van der Waals surface area contributed by atoms with Crippen LogP contribution in [0.15, 0.2) is 0 Å². The SMILES string of the molecule is COCC(N)C(=O)NC1CCC2CCCCC2C1.Cl. The van der Waals surface area contributed by atoms with E-state index >= 15 is 0 Å². The minimum atomic E-state index is -0.529. The molecular formula is C14H27ClN2O2. The quantitative estimate of drug-likeness (QED) is 0.831. The third-order valence-corrected chi connectivity index (χ3v) is 4.57. The lowest BCUT2D eigenvalue weighted by Gasteiger charge is -2.39. The van der Waals surface area contributed by atoms with Crippen LogP contribution in [0.25, 0.3) is 0 Å². The fourth-order valence-electron chi connectivity index (χ4n) is 3.57. The van der Waals surface area contributed by atoms with E-state index in [9.17, 15) is 4.79 Å². The molecular weight excluding hydrogens is 264 g/mol. The van der Waals surface area contributed by atoms with Gasteiger partial charge in [-0.1, -0.05) is 25.7 Å². The molecule has 0 aromatic carbocycles. The Kier molecular flexibility index (Phi) is 7.11. The zero-order valence-electron chi connectivity index (χ0n) is 11.8. The molecule has 0 radical (unpaired) electrons. The van der Waals surface area contributed by atoms with E-state index in [1.807, 2.05) is 0 Å². The third kappa shape index (κ3) is 4.62. The number of amides is 1. The van der Waals surface area contributed by atoms with Gasteiger partial charge in [0.05, 0.1) is 6.61 Å². The molecule has 3 N–H and O–H groups in total. The van der Waals surface area contributed by atoms with Crippen molar-refractivity contribution in [1.29, 1.82) is 0 Å². The largest absolute Gasteiger partial charge is 0.383 e. The molecule has 0 aliphatic heterocycles. The average molecular weight is 291 g/mol. The van der Waals surface area contributed by atoms with Crippen LogP contribution in [-0.2, 0) is 9.53 Å². The highest BCUT2D eigenvalue weighted by atomic mass is 35.5. The number of ether oxygens (including phenoxy) is 1. The Hall–Kier alpha value is -0.320. The van der Waals surface area contributed by atoms with E-state index in [0.717, 1.165) is 24.7 Å². The Morgan fingerprint density at radius 1 is 1.26 bits per heavy atom.